The van der Waals surface area contributed by atoms with E-state index in [0.717, 1.165) is 24.8 Å². The maximum absolute atomic E-state index is 12.3. The lowest BCUT2D eigenvalue weighted by Gasteiger charge is -2.26. The maximum Gasteiger partial charge on any atom is 0.329 e. The second kappa shape index (κ2) is 15.7. The third-order valence-electron chi connectivity index (χ3n) is 5.89. The molecule has 0 fully saturated rings. The van der Waals surface area contributed by atoms with Crippen LogP contribution in [-0.4, -0.2) is 27.6 Å². The molecule has 176 valence electrons. The molecule has 1 rings (SSSR count). The second-order valence-corrected chi connectivity index (χ2v) is 9.02. The predicted molar refractivity (Wildman–Crippen MR) is 126 cm³/mol. The SMILES string of the molecule is CCCCCCCCCCCCCCCC(=O)N[C@@](C)(Cc1ccc(O)cc1)C(=O)O. The first-order valence-corrected chi connectivity index (χ1v) is 12.2. The fourth-order valence-corrected chi connectivity index (χ4v) is 3.87. The van der Waals surface area contributed by atoms with Gasteiger partial charge in [-0.25, -0.2) is 4.79 Å². The summed E-state index contributed by atoms with van der Waals surface area (Å²) >= 11 is 0. The Morgan fingerprint density at radius 3 is 1.71 bits per heavy atom. The van der Waals surface area contributed by atoms with Gasteiger partial charge in [-0.2, -0.15) is 0 Å². The summed E-state index contributed by atoms with van der Waals surface area (Å²) in [7, 11) is 0. The van der Waals surface area contributed by atoms with Crippen molar-refractivity contribution in [2.24, 2.45) is 0 Å². The average Bonchev–Trinajstić information content (AvgIpc) is 2.73. The number of aliphatic carboxylic acids is 1. The fraction of sp³-hybridized carbons (Fsp3) is 0.692. The number of carbonyl (C=O) groups excluding carboxylic acids is 1. The molecule has 0 radical (unpaired) electrons. The van der Waals surface area contributed by atoms with Crippen molar-refractivity contribution in [3.8, 4) is 5.75 Å². The van der Waals surface area contributed by atoms with Gasteiger partial charge >= 0.3 is 5.97 Å². The minimum Gasteiger partial charge on any atom is -0.508 e. The summed E-state index contributed by atoms with van der Waals surface area (Å²) in [5, 5.41) is 21.7. The number of benzene rings is 1. The molecule has 0 aliphatic carbocycles. The van der Waals surface area contributed by atoms with Crippen molar-refractivity contribution in [3.63, 3.8) is 0 Å². The largest absolute Gasteiger partial charge is 0.508 e. The number of aromatic hydroxyl groups is 1. The summed E-state index contributed by atoms with van der Waals surface area (Å²) in [5.74, 6) is -1.14. The van der Waals surface area contributed by atoms with E-state index >= 15 is 0 Å². The normalized spacial score (nSPS) is 13.0. The number of hydrogen-bond donors (Lipinski definition) is 3. The van der Waals surface area contributed by atoms with Crippen LogP contribution in [0, 0.1) is 0 Å². The number of carboxylic acid groups (broad SMARTS) is 1. The van der Waals surface area contributed by atoms with Crippen LogP contribution in [0.1, 0.15) is 109 Å². The van der Waals surface area contributed by atoms with Crippen molar-refractivity contribution in [2.45, 2.75) is 116 Å². The molecule has 1 atom stereocenters. The highest BCUT2D eigenvalue weighted by molar-refractivity contribution is 5.86. The summed E-state index contributed by atoms with van der Waals surface area (Å²) in [5.41, 5.74) is -0.603. The van der Waals surface area contributed by atoms with E-state index < -0.39 is 11.5 Å². The van der Waals surface area contributed by atoms with Crippen LogP contribution in [-0.2, 0) is 16.0 Å². The molecule has 0 aliphatic heterocycles. The lowest BCUT2D eigenvalue weighted by atomic mass is 9.92. The number of hydrogen-bond acceptors (Lipinski definition) is 3. The number of unbranched alkanes of at least 4 members (excludes halogenated alkanes) is 12. The minimum absolute atomic E-state index is 0.132. The molecule has 1 aromatic carbocycles. The Balaban J connectivity index is 2.14. The van der Waals surface area contributed by atoms with E-state index in [4.69, 9.17) is 0 Å². The van der Waals surface area contributed by atoms with Gasteiger partial charge in [-0.15, -0.1) is 0 Å². The Bertz CT molecular complexity index is 629. The Hall–Kier alpha value is -2.04. The first kappa shape index (κ1) is 27.0. The van der Waals surface area contributed by atoms with Crippen LogP contribution in [0.4, 0.5) is 0 Å². The zero-order valence-electron chi connectivity index (χ0n) is 19.6. The molecule has 3 N–H and O–H groups in total. The third kappa shape index (κ3) is 12.4. The molecule has 1 aromatic rings. The highest BCUT2D eigenvalue weighted by atomic mass is 16.4. The molecule has 5 heteroatoms. The van der Waals surface area contributed by atoms with Gasteiger partial charge < -0.3 is 15.5 Å². The van der Waals surface area contributed by atoms with Crippen LogP contribution in [0.15, 0.2) is 24.3 Å². The molecule has 0 heterocycles. The van der Waals surface area contributed by atoms with Gasteiger partial charge in [0.15, 0.2) is 0 Å². The molecule has 5 nitrogen and oxygen atoms in total. The minimum atomic E-state index is -1.36. The van der Waals surface area contributed by atoms with Gasteiger partial charge in [0.2, 0.25) is 5.91 Å². The number of amides is 1. The Kier molecular flexibility index (Phi) is 13.7. The van der Waals surface area contributed by atoms with Crippen molar-refractivity contribution in [2.75, 3.05) is 0 Å². The van der Waals surface area contributed by atoms with Crippen LogP contribution < -0.4 is 5.32 Å². The molecule has 0 bridgehead atoms. The number of carboxylic acids is 1. The third-order valence-corrected chi connectivity index (χ3v) is 5.89. The Morgan fingerprint density at radius 2 is 1.26 bits per heavy atom. The molecular formula is C26H43NO4. The summed E-state index contributed by atoms with van der Waals surface area (Å²) in [6, 6.07) is 6.39. The summed E-state index contributed by atoms with van der Waals surface area (Å²) in [6.07, 6.45) is 16.8. The van der Waals surface area contributed by atoms with Crippen molar-refractivity contribution in [1.82, 2.24) is 5.32 Å². The van der Waals surface area contributed by atoms with Gasteiger partial charge in [-0.1, -0.05) is 96.1 Å². The summed E-state index contributed by atoms with van der Waals surface area (Å²) in [6.45, 7) is 3.78. The lowest BCUT2D eigenvalue weighted by Crippen LogP contribution is -2.53. The molecule has 1 amide bonds. The molecule has 0 spiro atoms. The van der Waals surface area contributed by atoms with Crippen LogP contribution in [0.3, 0.4) is 0 Å². The second-order valence-electron chi connectivity index (χ2n) is 9.02. The smallest absolute Gasteiger partial charge is 0.329 e. The molecule has 0 saturated carbocycles. The van der Waals surface area contributed by atoms with Crippen LogP contribution in [0.5, 0.6) is 5.75 Å². The van der Waals surface area contributed by atoms with Gasteiger partial charge in [0, 0.05) is 12.8 Å². The van der Waals surface area contributed by atoms with Gasteiger partial charge in [0.1, 0.15) is 11.3 Å². The highest BCUT2D eigenvalue weighted by Crippen LogP contribution is 2.18. The lowest BCUT2D eigenvalue weighted by molar-refractivity contribution is -0.146. The molecule has 0 aromatic heterocycles. The van der Waals surface area contributed by atoms with E-state index in [1.807, 2.05) is 0 Å². The van der Waals surface area contributed by atoms with Crippen LogP contribution in [0.25, 0.3) is 0 Å². The maximum atomic E-state index is 12.3. The molecule has 0 unspecified atom stereocenters. The van der Waals surface area contributed by atoms with E-state index in [-0.39, 0.29) is 18.1 Å². The Morgan fingerprint density at radius 1 is 0.806 bits per heavy atom. The van der Waals surface area contributed by atoms with Crippen molar-refractivity contribution < 1.29 is 19.8 Å². The topological polar surface area (TPSA) is 86.6 Å². The van der Waals surface area contributed by atoms with Gasteiger partial charge in [0.25, 0.3) is 0 Å². The van der Waals surface area contributed by atoms with E-state index in [1.54, 1.807) is 12.1 Å². The van der Waals surface area contributed by atoms with Crippen molar-refractivity contribution in [1.29, 1.82) is 0 Å². The number of rotatable bonds is 18. The monoisotopic (exact) mass is 433 g/mol. The van der Waals surface area contributed by atoms with Crippen molar-refractivity contribution >= 4 is 11.9 Å². The number of carbonyl (C=O) groups is 2. The van der Waals surface area contributed by atoms with Crippen LogP contribution >= 0.6 is 0 Å². The zero-order chi connectivity index (χ0) is 23.0. The highest BCUT2D eigenvalue weighted by Gasteiger charge is 2.34. The Labute approximate surface area is 188 Å². The summed E-state index contributed by atoms with van der Waals surface area (Å²) in [4.78, 5) is 24.0. The van der Waals surface area contributed by atoms with Gasteiger partial charge in [-0.3, -0.25) is 4.79 Å². The molecule has 31 heavy (non-hydrogen) atoms. The quantitative estimate of drug-likeness (QED) is 0.235. The molecule has 0 aliphatic rings. The molecule has 0 saturated heterocycles. The summed E-state index contributed by atoms with van der Waals surface area (Å²) < 4.78 is 0. The van der Waals surface area contributed by atoms with Gasteiger partial charge in [-0.05, 0) is 31.0 Å². The number of nitrogens with one attached hydrogen (secondary N) is 1. The predicted octanol–water partition coefficient (Wildman–Crippen LogP) is 6.38. The number of phenols is 1. The number of phenolic OH excluding ortho intramolecular Hbond substituents is 1. The van der Waals surface area contributed by atoms with E-state index in [9.17, 15) is 19.8 Å². The van der Waals surface area contributed by atoms with E-state index in [1.165, 1.54) is 83.3 Å². The average molecular weight is 434 g/mol. The molecular weight excluding hydrogens is 390 g/mol. The zero-order valence-corrected chi connectivity index (χ0v) is 19.6. The first-order chi connectivity index (χ1) is 14.9. The van der Waals surface area contributed by atoms with Gasteiger partial charge in [0.05, 0.1) is 0 Å². The fourth-order valence-electron chi connectivity index (χ4n) is 3.87. The standard InChI is InChI=1S/C26H43NO4/c1-3-4-5-6-7-8-9-10-11-12-13-14-15-16-24(29)27-26(2,25(30)31)21-22-17-19-23(28)20-18-22/h17-20,28H,3-16,21H2,1-2H3,(H,27,29)(H,30,31)/t26-/m0/s1. The van der Waals surface area contributed by atoms with E-state index in [0.29, 0.717) is 6.42 Å². The first-order valence-electron chi connectivity index (χ1n) is 12.2. The van der Waals surface area contributed by atoms with E-state index in [2.05, 4.69) is 12.2 Å². The van der Waals surface area contributed by atoms with Crippen LogP contribution in [0.2, 0.25) is 0 Å². The van der Waals surface area contributed by atoms with Crippen molar-refractivity contribution in [3.05, 3.63) is 29.8 Å².